The second-order valence-corrected chi connectivity index (χ2v) is 8.43. The number of nitrogens with one attached hydrogen (secondary N) is 1. The summed E-state index contributed by atoms with van der Waals surface area (Å²) in [7, 11) is 0. The van der Waals surface area contributed by atoms with Crippen molar-refractivity contribution in [2.45, 2.75) is 40.7 Å². The van der Waals surface area contributed by atoms with Gasteiger partial charge in [0.1, 0.15) is 11.5 Å². The average Bonchev–Trinajstić information content (AvgIpc) is 2.90. The molecule has 0 bridgehead atoms. The van der Waals surface area contributed by atoms with Crippen LogP contribution in [0.25, 0.3) is 0 Å². The van der Waals surface area contributed by atoms with E-state index in [1.165, 1.54) is 5.57 Å². The molecule has 0 aromatic carbocycles. The van der Waals surface area contributed by atoms with Crippen LogP contribution >= 0.6 is 0 Å². The highest BCUT2D eigenvalue weighted by atomic mass is 16.5. The first-order valence-electron chi connectivity index (χ1n) is 9.61. The molecule has 3 atom stereocenters. The van der Waals surface area contributed by atoms with E-state index < -0.39 is 0 Å². The molecule has 1 amide bonds. The van der Waals surface area contributed by atoms with Crippen LogP contribution in [0.3, 0.4) is 0 Å². The van der Waals surface area contributed by atoms with E-state index in [2.05, 4.69) is 44.0 Å². The van der Waals surface area contributed by atoms with E-state index in [1.54, 1.807) is 0 Å². The zero-order valence-electron chi connectivity index (χ0n) is 16.7. The predicted octanol–water partition coefficient (Wildman–Crippen LogP) is 3.32. The van der Waals surface area contributed by atoms with Crippen LogP contribution < -0.4 is 5.32 Å². The zero-order valence-corrected chi connectivity index (χ0v) is 16.7. The number of furan rings is 1. The van der Waals surface area contributed by atoms with Crippen molar-refractivity contribution in [2.24, 2.45) is 17.3 Å². The van der Waals surface area contributed by atoms with Crippen LogP contribution in [0.5, 0.6) is 0 Å². The number of ether oxygens (including phenoxy) is 1. The Morgan fingerprint density at radius 3 is 2.62 bits per heavy atom. The minimum atomic E-state index is 0.0388. The highest BCUT2D eigenvalue weighted by molar-refractivity contribution is 5.83. The molecule has 0 radical (unpaired) electrons. The Morgan fingerprint density at radius 2 is 2.04 bits per heavy atom. The molecule has 0 spiro atoms. The second kappa shape index (κ2) is 7.57. The number of carbonyl (C=O) groups is 1. The molecule has 1 aliphatic heterocycles. The second-order valence-electron chi connectivity index (χ2n) is 8.43. The lowest BCUT2D eigenvalue weighted by Gasteiger charge is -2.33. The minimum absolute atomic E-state index is 0.0388. The molecular weight excluding hydrogens is 328 g/mol. The van der Waals surface area contributed by atoms with Crippen LogP contribution in [-0.4, -0.2) is 43.7 Å². The maximum atomic E-state index is 12.8. The first-order chi connectivity index (χ1) is 12.3. The molecule has 144 valence electrons. The summed E-state index contributed by atoms with van der Waals surface area (Å²) in [5.74, 6) is 2.36. The van der Waals surface area contributed by atoms with E-state index >= 15 is 0 Å². The van der Waals surface area contributed by atoms with Gasteiger partial charge in [-0.05, 0) is 44.2 Å². The van der Waals surface area contributed by atoms with E-state index in [1.807, 2.05) is 19.1 Å². The summed E-state index contributed by atoms with van der Waals surface area (Å²) >= 11 is 0. The summed E-state index contributed by atoms with van der Waals surface area (Å²) in [6.45, 7) is 14.2. The van der Waals surface area contributed by atoms with Gasteiger partial charge in [-0.15, -0.1) is 0 Å². The third-order valence-corrected chi connectivity index (χ3v) is 5.75. The maximum absolute atomic E-state index is 12.8. The standard InChI is InChI=1S/C21H32N2O3/c1-14(2)12-16-19(21(16,4)5)20(24)22-13-17(18-7-6-15(3)26-18)23-8-10-25-11-9-23/h6-7,12,16-17,19H,8-11,13H2,1-5H3,(H,22,24). The molecule has 3 unspecified atom stereocenters. The molecule has 1 aromatic rings. The van der Waals surface area contributed by atoms with Crippen molar-refractivity contribution < 1.29 is 13.9 Å². The van der Waals surface area contributed by atoms with Crippen LogP contribution in [0.1, 0.15) is 45.3 Å². The first-order valence-corrected chi connectivity index (χ1v) is 9.61. The number of hydrogen-bond acceptors (Lipinski definition) is 4. The molecular formula is C21H32N2O3. The largest absolute Gasteiger partial charge is 0.465 e. The molecule has 5 nitrogen and oxygen atoms in total. The molecule has 2 aliphatic rings. The summed E-state index contributed by atoms with van der Waals surface area (Å²) in [5, 5.41) is 3.20. The van der Waals surface area contributed by atoms with Gasteiger partial charge >= 0.3 is 0 Å². The molecule has 1 aromatic heterocycles. The number of morpholine rings is 1. The van der Waals surface area contributed by atoms with Gasteiger partial charge in [-0.1, -0.05) is 25.5 Å². The molecule has 2 heterocycles. The van der Waals surface area contributed by atoms with Crippen molar-refractivity contribution in [3.05, 3.63) is 35.3 Å². The molecule has 1 N–H and O–H groups in total. The quantitative estimate of drug-likeness (QED) is 0.791. The fourth-order valence-corrected chi connectivity index (χ4v) is 4.09. The van der Waals surface area contributed by atoms with Crippen molar-refractivity contribution in [1.82, 2.24) is 10.2 Å². The smallest absolute Gasteiger partial charge is 0.224 e. The van der Waals surface area contributed by atoms with Crippen molar-refractivity contribution in [3.63, 3.8) is 0 Å². The number of amides is 1. The maximum Gasteiger partial charge on any atom is 0.224 e. The Hall–Kier alpha value is -1.59. The van der Waals surface area contributed by atoms with Gasteiger partial charge in [-0.2, -0.15) is 0 Å². The van der Waals surface area contributed by atoms with Gasteiger partial charge < -0.3 is 14.5 Å². The topological polar surface area (TPSA) is 54.7 Å². The first kappa shape index (κ1) is 19.2. The van der Waals surface area contributed by atoms with E-state index in [4.69, 9.17) is 9.15 Å². The predicted molar refractivity (Wildman–Crippen MR) is 102 cm³/mol. The average molecular weight is 360 g/mol. The summed E-state index contributed by atoms with van der Waals surface area (Å²) in [5.41, 5.74) is 1.31. The summed E-state index contributed by atoms with van der Waals surface area (Å²) in [6.07, 6.45) is 2.24. The monoisotopic (exact) mass is 360 g/mol. The summed E-state index contributed by atoms with van der Waals surface area (Å²) in [4.78, 5) is 15.2. The van der Waals surface area contributed by atoms with Crippen LogP contribution in [-0.2, 0) is 9.53 Å². The Labute approximate surface area is 156 Å². The van der Waals surface area contributed by atoms with Crippen LogP contribution in [0, 0.1) is 24.2 Å². The van der Waals surface area contributed by atoms with Crippen molar-refractivity contribution in [1.29, 1.82) is 0 Å². The van der Waals surface area contributed by atoms with Gasteiger partial charge in [-0.3, -0.25) is 9.69 Å². The molecule has 1 saturated carbocycles. The van der Waals surface area contributed by atoms with E-state index in [-0.39, 0.29) is 23.3 Å². The van der Waals surface area contributed by atoms with Crippen molar-refractivity contribution in [2.75, 3.05) is 32.8 Å². The number of aryl methyl sites for hydroxylation is 1. The number of nitrogens with zero attached hydrogens (tertiary/aromatic N) is 1. The lowest BCUT2D eigenvalue weighted by atomic mass is 10.1. The number of carbonyl (C=O) groups excluding carboxylic acids is 1. The third-order valence-electron chi connectivity index (χ3n) is 5.75. The molecule has 26 heavy (non-hydrogen) atoms. The zero-order chi connectivity index (χ0) is 18.9. The Balaban J connectivity index is 1.66. The van der Waals surface area contributed by atoms with E-state index in [9.17, 15) is 4.79 Å². The summed E-state index contributed by atoms with van der Waals surface area (Å²) < 4.78 is 11.4. The highest BCUT2D eigenvalue weighted by Gasteiger charge is 2.60. The number of hydrogen-bond donors (Lipinski definition) is 1. The molecule has 2 fully saturated rings. The third kappa shape index (κ3) is 4.04. The molecule has 5 heteroatoms. The van der Waals surface area contributed by atoms with Crippen molar-refractivity contribution in [3.8, 4) is 0 Å². The molecule has 1 aliphatic carbocycles. The minimum Gasteiger partial charge on any atom is -0.465 e. The summed E-state index contributed by atoms with van der Waals surface area (Å²) in [6, 6.07) is 4.06. The normalized spacial score (nSPS) is 26.2. The van der Waals surface area contributed by atoms with Gasteiger partial charge in [0, 0.05) is 19.6 Å². The van der Waals surface area contributed by atoms with Crippen molar-refractivity contribution >= 4 is 5.91 Å². The lowest BCUT2D eigenvalue weighted by Crippen LogP contribution is -2.44. The van der Waals surface area contributed by atoms with Crippen LogP contribution in [0.2, 0.25) is 0 Å². The number of allylic oxidation sites excluding steroid dienone is 2. The van der Waals surface area contributed by atoms with Crippen LogP contribution in [0.4, 0.5) is 0 Å². The Bertz CT molecular complexity index is 667. The van der Waals surface area contributed by atoms with E-state index in [0.29, 0.717) is 12.5 Å². The molecule has 1 saturated heterocycles. The Morgan fingerprint density at radius 1 is 1.35 bits per heavy atom. The molecule has 3 rings (SSSR count). The number of rotatable bonds is 6. The Kier molecular flexibility index (Phi) is 5.58. The lowest BCUT2D eigenvalue weighted by molar-refractivity contribution is -0.123. The van der Waals surface area contributed by atoms with Gasteiger partial charge in [-0.25, -0.2) is 0 Å². The van der Waals surface area contributed by atoms with Crippen LogP contribution in [0.15, 0.2) is 28.2 Å². The van der Waals surface area contributed by atoms with Gasteiger partial charge in [0.15, 0.2) is 0 Å². The fraction of sp³-hybridized carbons (Fsp3) is 0.667. The van der Waals surface area contributed by atoms with Gasteiger partial charge in [0.2, 0.25) is 5.91 Å². The highest BCUT2D eigenvalue weighted by Crippen LogP contribution is 2.59. The van der Waals surface area contributed by atoms with Gasteiger partial charge in [0.25, 0.3) is 0 Å². The fourth-order valence-electron chi connectivity index (χ4n) is 4.09. The SMILES string of the molecule is CC(C)=CC1C(C(=O)NCC(c2ccc(C)o2)N2CCOCC2)C1(C)C. The van der Waals surface area contributed by atoms with Gasteiger partial charge in [0.05, 0.1) is 25.2 Å². The van der Waals surface area contributed by atoms with E-state index in [0.717, 1.165) is 37.8 Å².